The van der Waals surface area contributed by atoms with Gasteiger partial charge in [-0.1, -0.05) is 0 Å². The fraction of sp³-hybridized carbons (Fsp3) is 0.0667. The summed E-state index contributed by atoms with van der Waals surface area (Å²) in [5, 5.41) is 26.0. The van der Waals surface area contributed by atoms with Crippen molar-refractivity contribution >= 4 is 17.6 Å². The van der Waals surface area contributed by atoms with Gasteiger partial charge < -0.3 is 0 Å². The van der Waals surface area contributed by atoms with E-state index in [4.69, 9.17) is 0 Å². The Morgan fingerprint density at radius 3 is 2.60 bits per heavy atom. The molecule has 0 amide bonds. The number of halogens is 1. The third kappa shape index (κ3) is 3.99. The van der Waals surface area contributed by atoms with Crippen molar-refractivity contribution in [1.29, 1.82) is 0 Å². The number of hydrogen-bond donors (Lipinski definition) is 1. The highest BCUT2D eigenvalue weighted by molar-refractivity contribution is 5.62. The Balaban J connectivity index is 1.62. The third-order valence-electron chi connectivity index (χ3n) is 3.24. The van der Waals surface area contributed by atoms with Gasteiger partial charge in [0.05, 0.1) is 16.3 Å². The van der Waals surface area contributed by atoms with Gasteiger partial charge in [-0.15, -0.1) is 5.10 Å². The van der Waals surface area contributed by atoms with Crippen LogP contribution in [0.25, 0.3) is 5.69 Å². The number of rotatable bonds is 6. The molecule has 0 unspecified atom stereocenters. The van der Waals surface area contributed by atoms with Crippen molar-refractivity contribution in [2.45, 2.75) is 6.42 Å². The van der Waals surface area contributed by atoms with Crippen LogP contribution in [0.3, 0.4) is 0 Å². The van der Waals surface area contributed by atoms with Crippen LogP contribution >= 0.6 is 0 Å². The van der Waals surface area contributed by atoms with Crippen LogP contribution in [0.2, 0.25) is 0 Å². The topological polar surface area (TPSA) is 111 Å². The molecule has 1 N–H and O–H groups in total. The Bertz CT molecular complexity index is 891. The van der Waals surface area contributed by atoms with Crippen LogP contribution in [0.4, 0.5) is 15.8 Å². The molecule has 0 aliphatic rings. The van der Waals surface area contributed by atoms with E-state index < -0.39 is 4.92 Å². The number of aromatic nitrogens is 4. The summed E-state index contributed by atoms with van der Waals surface area (Å²) in [4.78, 5) is 10.1. The average Bonchev–Trinajstić information content (AvgIpc) is 3.08. The summed E-state index contributed by atoms with van der Waals surface area (Å²) >= 11 is 0. The van der Waals surface area contributed by atoms with Crippen LogP contribution < -0.4 is 5.43 Å². The Kier molecular flexibility index (Phi) is 4.69. The molecule has 0 atom stereocenters. The summed E-state index contributed by atoms with van der Waals surface area (Å²) in [6, 6.07) is 11.7. The van der Waals surface area contributed by atoms with Crippen LogP contribution in [0.5, 0.6) is 0 Å². The monoisotopic (exact) mass is 341 g/mol. The van der Waals surface area contributed by atoms with Crippen molar-refractivity contribution in [3.8, 4) is 5.69 Å². The molecule has 126 valence electrons. The van der Waals surface area contributed by atoms with E-state index in [-0.39, 0.29) is 11.5 Å². The van der Waals surface area contributed by atoms with Crippen LogP contribution in [-0.2, 0) is 6.42 Å². The summed E-state index contributed by atoms with van der Waals surface area (Å²) in [7, 11) is 0. The number of hydrazone groups is 1. The van der Waals surface area contributed by atoms with Crippen LogP contribution in [0.1, 0.15) is 5.82 Å². The van der Waals surface area contributed by atoms with Crippen molar-refractivity contribution in [3.05, 3.63) is 70.3 Å². The molecule has 2 aromatic carbocycles. The van der Waals surface area contributed by atoms with Gasteiger partial charge in [0.2, 0.25) is 0 Å². The average molecular weight is 341 g/mol. The minimum absolute atomic E-state index is 0.00741. The molecule has 0 bridgehead atoms. The fourth-order valence-electron chi connectivity index (χ4n) is 2.02. The minimum Gasteiger partial charge on any atom is -0.279 e. The van der Waals surface area contributed by atoms with E-state index in [1.165, 1.54) is 28.9 Å². The zero-order valence-corrected chi connectivity index (χ0v) is 12.8. The molecule has 1 aromatic heterocycles. The Morgan fingerprint density at radius 2 is 1.92 bits per heavy atom. The molecule has 9 nitrogen and oxygen atoms in total. The summed E-state index contributed by atoms with van der Waals surface area (Å²) in [6.45, 7) is 0. The summed E-state index contributed by atoms with van der Waals surface area (Å²) in [5.74, 6) is 0.188. The first kappa shape index (κ1) is 16.2. The van der Waals surface area contributed by atoms with Crippen molar-refractivity contribution in [3.63, 3.8) is 0 Å². The lowest BCUT2D eigenvalue weighted by Gasteiger charge is -2.02. The number of nitro benzene ring substituents is 1. The molecule has 0 saturated heterocycles. The second kappa shape index (κ2) is 7.25. The SMILES string of the molecule is O=[N+]([O-])c1ccc(N/N=C\Cc2nnnn2-c2ccc(F)cc2)cc1. The molecule has 0 radical (unpaired) electrons. The largest absolute Gasteiger partial charge is 0.279 e. The molecule has 10 heteroatoms. The molecule has 25 heavy (non-hydrogen) atoms. The Morgan fingerprint density at radius 1 is 1.20 bits per heavy atom. The highest BCUT2D eigenvalue weighted by Crippen LogP contribution is 2.15. The van der Waals surface area contributed by atoms with Crippen LogP contribution in [-0.4, -0.2) is 31.3 Å². The van der Waals surface area contributed by atoms with Gasteiger partial charge in [0.1, 0.15) is 5.82 Å². The second-order valence-corrected chi connectivity index (χ2v) is 4.91. The van der Waals surface area contributed by atoms with E-state index in [1.807, 2.05) is 0 Å². The predicted octanol–water partition coefficient (Wildman–Crippen LogP) is 2.35. The zero-order chi connectivity index (χ0) is 17.6. The second-order valence-electron chi connectivity index (χ2n) is 4.91. The van der Waals surface area contributed by atoms with E-state index >= 15 is 0 Å². The number of nitrogens with one attached hydrogen (secondary N) is 1. The van der Waals surface area contributed by atoms with Crippen molar-refractivity contribution in [1.82, 2.24) is 20.2 Å². The maximum atomic E-state index is 13.0. The van der Waals surface area contributed by atoms with Gasteiger partial charge in [0.25, 0.3) is 5.69 Å². The third-order valence-corrected chi connectivity index (χ3v) is 3.24. The molecule has 0 aliphatic heterocycles. The first-order valence-corrected chi connectivity index (χ1v) is 7.18. The van der Waals surface area contributed by atoms with Crippen molar-refractivity contribution < 1.29 is 9.31 Å². The Labute approximate surface area is 140 Å². The highest BCUT2D eigenvalue weighted by atomic mass is 19.1. The molecule has 1 heterocycles. The highest BCUT2D eigenvalue weighted by Gasteiger charge is 2.07. The zero-order valence-electron chi connectivity index (χ0n) is 12.8. The number of hydrogen-bond acceptors (Lipinski definition) is 7. The molecular formula is C15H12FN7O2. The minimum atomic E-state index is -0.470. The maximum Gasteiger partial charge on any atom is 0.269 e. The number of benzene rings is 2. The quantitative estimate of drug-likeness (QED) is 0.418. The Hall–Kier alpha value is -3.69. The molecule has 0 aliphatic carbocycles. The predicted molar refractivity (Wildman–Crippen MR) is 88.0 cm³/mol. The van der Waals surface area contributed by atoms with Gasteiger partial charge in [-0.05, 0) is 46.8 Å². The van der Waals surface area contributed by atoms with Crippen molar-refractivity contribution in [2.75, 3.05) is 5.43 Å². The molecule has 0 saturated carbocycles. The van der Waals surface area contributed by atoms with Gasteiger partial charge in [0.15, 0.2) is 5.82 Å². The normalized spacial score (nSPS) is 10.9. The van der Waals surface area contributed by atoms with E-state index in [1.54, 1.807) is 30.5 Å². The molecule has 0 spiro atoms. The van der Waals surface area contributed by atoms with Gasteiger partial charge in [-0.2, -0.15) is 9.78 Å². The lowest BCUT2D eigenvalue weighted by Crippen LogP contribution is -2.04. The lowest BCUT2D eigenvalue weighted by molar-refractivity contribution is -0.384. The van der Waals surface area contributed by atoms with E-state index in [2.05, 4.69) is 26.1 Å². The van der Waals surface area contributed by atoms with Gasteiger partial charge >= 0.3 is 0 Å². The summed E-state index contributed by atoms with van der Waals surface area (Å²) in [5.41, 5.74) is 4.01. The van der Waals surface area contributed by atoms with Gasteiger partial charge in [0, 0.05) is 24.8 Å². The van der Waals surface area contributed by atoms with Crippen LogP contribution in [0.15, 0.2) is 53.6 Å². The molecule has 3 rings (SSSR count). The van der Waals surface area contributed by atoms with E-state index in [9.17, 15) is 14.5 Å². The number of non-ortho nitro benzene ring substituents is 1. The smallest absolute Gasteiger partial charge is 0.269 e. The van der Waals surface area contributed by atoms with Crippen LogP contribution in [0, 0.1) is 15.9 Å². The summed E-state index contributed by atoms with van der Waals surface area (Å²) in [6.07, 6.45) is 1.90. The van der Waals surface area contributed by atoms with Gasteiger partial charge in [-0.25, -0.2) is 4.39 Å². The summed E-state index contributed by atoms with van der Waals surface area (Å²) < 4.78 is 14.5. The molecular weight excluding hydrogens is 329 g/mol. The lowest BCUT2D eigenvalue weighted by atomic mass is 10.3. The van der Waals surface area contributed by atoms with E-state index in [0.717, 1.165) is 0 Å². The number of nitro groups is 1. The van der Waals surface area contributed by atoms with Gasteiger partial charge in [-0.3, -0.25) is 15.5 Å². The first-order valence-electron chi connectivity index (χ1n) is 7.18. The number of tetrazole rings is 1. The van der Waals surface area contributed by atoms with E-state index in [0.29, 0.717) is 23.6 Å². The number of nitrogens with zero attached hydrogens (tertiary/aromatic N) is 6. The first-order chi connectivity index (χ1) is 12.1. The standard InChI is InChI=1S/C15H12FN7O2/c16-11-1-5-13(6-2-11)22-15(19-20-21-22)9-10-17-18-12-3-7-14(8-4-12)23(24)25/h1-8,10,18H,9H2/b17-10-. The maximum absolute atomic E-state index is 13.0. The molecule has 0 fully saturated rings. The molecule has 3 aromatic rings. The van der Waals surface area contributed by atoms with Crippen molar-refractivity contribution in [2.24, 2.45) is 5.10 Å². The fourth-order valence-corrected chi connectivity index (χ4v) is 2.02. The number of anilines is 1.